The molecule has 5 rings (SSSR count). The fraction of sp³-hybridized carbons (Fsp3) is 0.548. The molecule has 2 fully saturated rings. The van der Waals surface area contributed by atoms with Gasteiger partial charge in [0.05, 0.1) is 24.0 Å². The quantitative estimate of drug-likeness (QED) is 0.353. The Kier molecular flexibility index (Phi) is 8.94. The van der Waals surface area contributed by atoms with Crippen LogP contribution in [0.15, 0.2) is 28.8 Å². The molecule has 0 bridgehead atoms. The molecule has 3 aromatic rings. The van der Waals surface area contributed by atoms with Gasteiger partial charge in [-0.3, -0.25) is 4.90 Å². The van der Waals surface area contributed by atoms with Crippen LogP contribution >= 0.6 is 0 Å². The Morgan fingerprint density at radius 1 is 1.21 bits per heavy atom. The lowest BCUT2D eigenvalue weighted by molar-refractivity contribution is 0.113. The lowest BCUT2D eigenvalue weighted by Gasteiger charge is -2.29. The minimum absolute atomic E-state index is 0.00806. The standard InChI is InChI=1S/C31H37F3N6O3/c1-17-28(39-43-29(17)31(3,4)27-22(33)7-6-8-23(27)34)30-37-25(41-18(2)24-13-19(32)16-40(24)5)15-26(38-30)42-21-10-12-36-20(14-21)9-11-35/h6-8,15,18-21,24,36H,9-10,12-14,16H2,1-5H3/t18-,19+,20+,21-,24-/m0/s1. The number of alkyl halides is 1. The Hall–Kier alpha value is -3.69. The van der Waals surface area contributed by atoms with Gasteiger partial charge in [0.15, 0.2) is 17.3 Å². The number of hydrogen-bond donors (Lipinski definition) is 1. The molecular formula is C31H37F3N6O3. The maximum absolute atomic E-state index is 14.8. The lowest BCUT2D eigenvalue weighted by Crippen LogP contribution is -2.42. The number of nitrogens with zero attached hydrogens (tertiary/aromatic N) is 5. The topological polar surface area (TPSA) is 109 Å². The summed E-state index contributed by atoms with van der Waals surface area (Å²) >= 11 is 0. The second kappa shape index (κ2) is 12.5. The van der Waals surface area contributed by atoms with Gasteiger partial charge in [-0.1, -0.05) is 11.2 Å². The number of nitrogens with one attached hydrogen (secondary N) is 1. The summed E-state index contributed by atoms with van der Waals surface area (Å²) in [5.74, 6) is -0.500. The molecule has 230 valence electrons. The van der Waals surface area contributed by atoms with E-state index >= 15 is 0 Å². The van der Waals surface area contributed by atoms with E-state index < -0.39 is 29.3 Å². The van der Waals surface area contributed by atoms with Crippen molar-refractivity contribution in [1.82, 2.24) is 25.3 Å². The molecule has 0 aliphatic carbocycles. The van der Waals surface area contributed by atoms with Gasteiger partial charge >= 0.3 is 0 Å². The molecule has 0 amide bonds. The summed E-state index contributed by atoms with van der Waals surface area (Å²) in [6.07, 6.45) is 0.538. The molecule has 12 heteroatoms. The van der Waals surface area contributed by atoms with Gasteiger partial charge < -0.3 is 19.3 Å². The molecule has 43 heavy (non-hydrogen) atoms. The maximum Gasteiger partial charge on any atom is 0.221 e. The number of likely N-dealkylation sites (tertiary alicyclic amines) is 1. The van der Waals surface area contributed by atoms with Crippen molar-refractivity contribution in [2.24, 2.45) is 0 Å². The fourth-order valence-electron chi connectivity index (χ4n) is 6.26. The summed E-state index contributed by atoms with van der Waals surface area (Å²) in [5.41, 5.74) is -0.554. The number of rotatable bonds is 9. The first kappa shape index (κ1) is 30.8. The van der Waals surface area contributed by atoms with E-state index in [4.69, 9.17) is 19.3 Å². The highest BCUT2D eigenvalue weighted by atomic mass is 19.1. The van der Waals surface area contributed by atoms with Gasteiger partial charge in [0.1, 0.15) is 30.0 Å². The van der Waals surface area contributed by atoms with Crippen LogP contribution in [0.1, 0.15) is 63.3 Å². The minimum atomic E-state index is -1.20. The summed E-state index contributed by atoms with van der Waals surface area (Å²) < 4.78 is 61.9. The van der Waals surface area contributed by atoms with Crippen LogP contribution in [0.2, 0.25) is 0 Å². The van der Waals surface area contributed by atoms with Gasteiger partial charge in [-0.2, -0.15) is 15.2 Å². The summed E-state index contributed by atoms with van der Waals surface area (Å²) in [6.45, 7) is 7.95. The molecule has 5 atom stereocenters. The minimum Gasteiger partial charge on any atom is -0.474 e. The zero-order valence-electron chi connectivity index (χ0n) is 25.0. The Morgan fingerprint density at radius 2 is 1.93 bits per heavy atom. The molecule has 0 unspecified atom stereocenters. The van der Waals surface area contributed by atoms with Crippen LogP contribution in [0.3, 0.4) is 0 Å². The van der Waals surface area contributed by atoms with E-state index in [1.165, 1.54) is 18.2 Å². The van der Waals surface area contributed by atoms with Crippen LogP contribution in [0.5, 0.6) is 11.8 Å². The Labute approximate surface area is 249 Å². The van der Waals surface area contributed by atoms with E-state index in [-0.39, 0.29) is 52.8 Å². The molecule has 4 heterocycles. The fourth-order valence-corrected chi connectivity index (χ4v) is 6.26. The maximum atomic E-state index is 14.8. The molecule has 0 radical (unpaired) electrons. The number of piperidine rings is 1. The van der Waals surface area contributed by atoms with Crippen molar-refractivity contribution in [3.8, 4) is 29.3 Å². The van der Waals surface area contributed by atoms with Crippen LogP contribution in [0, 0.1) is 29.9 Å². The SMILES string of the molecule is Cc1c(-c2nc(O[C@H]3CCN[C@H](CC#N)C3)cc(O[C@@H](C)[C@@H]3C[C@@H](F)CN3C)n2)noc1C(C)(C)c1c(F)cccc1F. The molecular weight excluding hydrogens is 561 g/mol. The first-order chi connectivity index (χ1) is 20.5. The van der Waals surface area contributed by atoms with Gasteiger partial charge in [0, 0.05) is 36.2 Å². The van der Waals surface area contributed by atoms with E-state index in [2.05, 4.69) is 26.5 Å². The van der Waals surface area contributed by atoms with E-state index in [0.717, 1.165) is 0 Å². The predicted octanol–water partition coefficient (Wildman–Crippen LogP) is 5.27. The molecule has 1 aromatic carbocycles. The van der Waals surface area contributed by atoms with Crippen LogP contribution in [-0.4, -0.2) is 70.6 Å². The number of aromatic nitrogens is 3. The van der Waals surface area contributed by atoms with Crippen molar-refractivity contribution in [1.29, 1.82) is 5.26 Å². The Morgan fingerprint density at radius 3 is 2.60 bits per heavy atom. The Bertz CT molecular complexity index is 1470. The molecule has 2 aliphatic rings. The predicted molar refractivity (Wildman–Crippen MR) is 152 cm³/mol. The number of likely N-dealkylation sites (N-methyl/N-ethyl adjacent to an activating group) is 1. The molecule has 1 N–H and O–H groups in total. The number of ether oxygens (including phenoxy) is 2. The largest absolute Gasteiger partial charge is 0.474 e. The van der Waals surface area contributed by atoms with Gasteiger partial charge in [0.25, 0.3) is 0 Å². The van der Waals surface area contributed by atoms with Gasteiger partial charge in [-0.15, -0.1) is 0 Å². The van der Waals surface area contributed by atoms with Gasteiger partial charge in [-0.05, 0) is 66.3 Å². The van der Waals surface area contributed by atoms with E-state index in [0.29, 0.717) is 44.3 Å². The normalized spacial score (nSPS) is 23.6. The van der Waals surface area contributed by atoms with Crippen LogP contribution < -0.4 is 14.8 Å². The highest BCUT2D eigenvalue weighted by Crippen LogP contribution is 2.39. The highest BCUT2D eigenvalue weighted by molar-refractivity contribution is 5.58. The van der Waals surface area contributed by atoms with E-state index in [9.17, 15) is 13.2 Å². The van der Waals surface area contributed by atoms with Crippen LogP contribution in [-0.2, 0) is 5.41 Å². The lowest BCUT2D eigenvalue weighted by atomic mass is 9.79. The molecule has 9 nitrogen and oxygen atoms in total. The molecule has 2 aliphatic heterocycles. The van der Waals surface area contributed by atoms with Crippen molar-refractivity contribution < 1.29 is 27.2 Å². The van der Waals surface area contributed by atoms with Crippen molar-refractivity contribution >= 4 is 0 Å². The molecule has 0 spiro atoms. The van der Waals surface area contributed by atoms with E-state index in [1.54, 1.807) is 26.8 Å². The summed E-state index contributed by atoms with van der Waals surface area (Å²) in [6, 6.07) is 7.37. The first-order valence-corrected chi connectivity index (χ1v) is 14.6. The third-order valence-electron chi connectivity index (χ3n) is 8.44. The van der Waals surface area contributed by atoms with Crippen molar-refractivity contribution in [2.45, 2.75) is 89.3 Å². The smallest absolute Gasteiger partial charge is 0.221 e. The summed E-state index contributed by atoms with van der Waals surface area (Å²) in [5, 5.41) is 16.7. The highest BCUT2D eigenvalue weighted by Gasteiger charge is 2.37. The monoisotopic (exact) mass is 598 g/mol. The number of halogens is 3. The van der Waals surface area contributed by atoms with Gasteiger partial charge in [0.2, 0.25) is 11.8 Å². The summed E-state index contributed by atoms with van der Waals surface area (Å²) in [7, 11) is 1.86. The number of benzene rings is 1. The second-order valence-electron chi connectivity index (χ2n) is 12.0. The molecule has 0 saturated carbocycles. The van der Waals surface area contributed by atoms with Crippen LogP contribution in [0.25, 0.3) is 11.5 Å². The van der Waals surface area contributed by atoms with E-state index in [1.807, 2.05) is 18.9 Å². The van der Waals surface area contributed by atoms with Crippen molar-refractivity contribution in [2.75, 3.05) is 20.1 Å². The zero-order valence-corrected chi connectivity index (χ0v) is 25.0. The first-order valence-electron chi connectivity index (χ1n) is 14.6. The van der Waals surface area contributed by atoms with Crippen LogP contribution in [0.4, 0.5) is 13.2 Å². The third-order valence-corrected chi connectivity index (χ3v) is 8.44. The van der Waals surface area contributed by atoms with Crippen molar-refractivity contribution in [3.63, 3.8) is 0 Å². The average Bonchev–Trinajstić information content (AvgIpc) is 3.50. The third kappa shape index (κ3) is 6.48. The Balaban J connectivity index is 1.49. The van der Waals surface area contributed by atoms with Gasteiger partial charge in [-0.25, -0.2) is 13.2 Å². The average molecular weight is 599 g/mol. The molecule has 2 saturated heterocycles. The second-order valence-corrected chi connectivity index (χ2v) is 12.0. The summed E-state index contributed by atoms with van der Waals surface area (Å²) in [4.78, 5) is 11.2. The van der Waals surface area contributed by atoms with Crippen molar-refractivity contribution in [3.05, 3.63) is 52.8 Å². The molecule has 2 aromatic heterocycles. The number of nitriles is 1. The number of hydrogen-bond acceptors (Lipinski definition) is 9. The zero-order chi connectivity index (χ0) is 30.9.